The van der Waals surface area contributed by atoms with Crippen LogP contribution in [0.2, 0.25) is 0 Å². The van der Waals surface area contributed by atoms with Crippen molar-refractivity contribution < 1.29 is 0 Å². The highest BCUT2D eigenvalue weighted by Gasteiger charge is 2.02. The number of nitrogens with zero attached hydrogens (tertiary/aromatic N) is 2. The van der Waals surface area contributed by atoms with Gasteiger partial charge in [0, 0.05) is 0 Å². The van der Waals surface area contributed by atoms with Gasteiger partial charge in [0.25, 0.3) is 0 Å². The van der Waals surface area contributed by atoms with Gasteiger partial charge in [0.05, 0.1) is 6.20 Å². The van der Waals surface area contributed by atoms with Gasteiger partial charge in [0.1, 0.15) is 5.37 Å². The van der Waals surface area contributed by atoms with E-state index in [-0.39, 0.29) is 0 Å². The van der Waals surface area contributed by atoms with Gasteiger partial charge in [-0.1, -0.05) is 6.92 Å². The smallest absolute Gasteiger partial charge is 0.120 e. The number of thioether (sulfide) groups is 1. The third-order valence-corrected chi connectivity index (χ3v) is 1.93. The van der Waals surface area contributed by atoms with Crippen molar-refractivity contribution in [1.82, 2.24) is 0 Å². The molecule has 0 bridgehead atoms. The molecule has 1 unspecified atom stereocenters. The van der Waals surface area contributed by atoms with Crippen LogP contribution in [0.1, 0.15) is 13.3 Å². The van der Waals surface area contributed by atoms with Crippen LogP contribution in [0.25, 0.3) is 0 Å². The minimum absolute atomic E-state index is 0.375. The lowest BCUT2D eigenvalue weighted by Crippen LogP contribution is -1.93. The Kier molecular flexibility index (Phi) is 2.09. The maximum Gasteiger partial charge on any atom is 0.120 e. The maximum atomic E-state index is 3.95. The first kappa shape index (κ1) is 5.82. The van der Waals surface area contributed by atoms with E-state index >= 15 is 0 Å². The summed E-state index contributed by atoms with van der Waals surface area (Å²) < 4.78 is 0. The quantitative estimate of drug-likeness (QED) is 0.532. The van der Waals surface area contributed by atoms with E-state index in [4.69, 9.17) is 0 Å². The summed E-state index contributed by atoms with van der Waals surface area (Å²) in [6, 6.07) is 0. The molecule has 3 heteroatoms. The fourth-order valence-electron chi connectivity index (χ4n) is 0.471. The van der Waals surface area contributed by atoms with Crippen molar-refractivity contribution in [3.05, 3.63) is 11.6 Å². The van der Waals surface area contributed by atoms with Crippen molar-refractivity contribution in [1.29, 1.82) is 0 Å². The third-order valence-electron chi connectivity index (χ3n) is 0.908. The summed E-state index contributed by atoms with van der Waals surface area (Å²) in [6.07, 6.45) is 2.79. The second-order valence-corrected chi connectivity index (χ2v) is 2.60. The van der Waals surface area contributed by atoms with Crippen LogP contribution in [-0.4, -0.2) is 5.37 Å². The first-order chi connectivity index (χ1) is 3.93. The molecular weight excluding hydrogens is 120 g/mol. The lowest BCUT2D eigenvalue weighted by atomic mass is 10.5. The zero-order valence-electron chi connectivity index (χ0n) is 4.74. The summed E-state index contributed by atoms with van der Waals surface area (Å²) >= 11 is 1.72. The Bertz CT molecular complexity index is 120. The van der Waals surface area contributed by atoms with Crippen LogP contribution >= 0.6 is 11.8 Å². The molecule has 1 aliphatic heterocycles. The summed E-state index contributed by atoms with van der Waals surface area (Å²) in [6.45, 7) is 2.11. The zero-order valence-corrected chi connectivity index (χ0v) is 5.56. The van der Waals surface area contributed by atoms with E-state index in [1.54, 1.807) is 18.0 Å². The monoisotopic (exact) mass is 128 g/mol. The summed E-state index contributed by atoms with van der Waals surface area (Å²) in [5.41, 5.74) is 0. The fraction of sp³-hybridized carbons (Fsp3) is 0.600. The summed E-state index contributed by atoms with van der Waals surface area (Å²) in [7, 11) is 0. The summed E-state index contributed by atoms with van der Waals surface area (Å²) in [5.74, 6) is 0. The zero-order chi connectivity index (χ0) is 5.82. The van der Waals surface area contributed by atoms with Crippen molar-refractivity contribution in [2.75, 3.05) is 0 Å². The SMILES string of the molecule is CCC1N=NC=CS1. The van der Waals surface area contributed by atoms with Gasteiger partial charge in [-0.3, -0.25) is 0 Å². The molecular formula is C5H8N2S. The summed E-state index contributed by atoms with van der Waals surface area (Å²) in [4.78, 5) is 0. The standard InChI is InChI=1S/C5H8N2S/c1-2-5-7-6-3-4-8-5/h3-5H,2H2,1H3. The normalized spacial score (nSPS) is 26.4. The number of azo groups is 1. The second kappa shape index (κ2) is 2.87. The second-order valence-electron chi connectivity index (χ2n) is 1.52. The van der Waals surface area contributed by atoms with Gasteiger partial charge >= 0.3 is 0 Å². The molecule has 0 saturated heterocycles. The predicted octanol–water partition coefficient (Wildman–Crippen LogP) is 2.39. The fourth-order valence-corrected chi connectivity index (χ4v) is 1.08. The van der Waals surface area contributed by atoms with Gasteiger partial charge in [0.2, 0.25) is 0 Å². The Labute approximate surface area is 53.1 Å². The molecule has 0 N–H and O–H groups in total. The van der Waals surface area contributed by atoms with Crippen LogP contribution in [0.4, 0.5) is 0 Å². The van der Waals surface area contributed by atoms with Gasteiger partial charge in [-0.15, -0.1) is 11.8 Å². The van der Waals surface area contributed by atoms with E-state index in [1.165, 1.54) is 0 Å². The van der Waals surface area contributed by atoms with Crippen LogP contribution < -0.4 is 0 Å². The average molecular weight is 128 g/mol. The van der Waals surface area contributed by atoms with Crippen molar-refractivity contribution >= 4 is 11.8 Å². The molecule has 0 saturated carbocycles. The molecule has 0 fully saturated rings. The third kappa shape index (κ3) is 1.33. The van der Waals surface area contributed by atoms with E-state index in [2.05, 4.69) is 17.2 Å². The molecule has 2 nitrogen and oxygen atoms in total. The van der Waals surface area contributed by atoms with Crippen molar-refractivity contribution in [3.8, 4) is 0 Å². The molecule has 0 spiro atoms. The molecule has 1 aliphatic rings. The Morgan fingerprint density at radius 3 is 3.00 bits per heavy atom. The highest BCUT2D eigenvalue weighted by Crippen LogP contribution is 2.20. The molecule has 44 valence electrons. The molecule has 0 amide bonds. The molecule has 1 heterocycles. The van der Waals surface area contributed by atoms with Crippen LogP contribution in [0.15, 0.2) is 21.8 Å². The molecule has 0 aromatic carbocycles. The molecule has 8 heavy (non-hydrogen) atoms. The van der Waals surface area contributed by atoms with Gasteiger partial charge < -0.3 is 0 Å². The topological polar surface area (TPSA) is 24.7 Å². The van der Waals surface area contributed by atoms with Crippen LogP contribution in [0.3, 0.4) is 0 Å². The average Bonchev–Trinajstić information content (AvgIpc) is 1.90. The summed E-state index contributed by atoms with van der Waals surface area (Å²) in [5, 5.41) is 10.1. The lowest BCUT2D eigenvalue weighted by molar-refractivity contribution is 0.815. The van der Waals surface area contributed by atoms with Gasteiger partial charge in [-0.05, 0) is 11.8 Å². The van der Waals surface area contributed by atoms with Gasteiger partial charge in [-0.25, -0.2) is 0 Å². The van der Waals surface area contributed by atoms with E-state index in [0.717, 1.165) is 6.42 Å². The number of rotatable bonds is 1. The highest BCUT2D eigenvalue weighted by molar-refractivity contribution is 8.02. The van der Waals surface area contributed by atoms with Crippen molar-refractivity contribution in [2.45, 2.75) is 18.7 Å². The first-order valence-electron chi connectivity index (χ1n) is 2.64. The van der Waals surface area contributed by atoms with Gasteiger partial charge in [0.15, 0.2) is 0 Å². The van der Waals surface area contributed by atoms with Crippen molar-refractivity contribution in [3.63, 3.8) is 0 Å². The Morgan fingerprint density at radius 1 is 1.75 bits per heavy atom. The maximum absolute atomic E-state index is 3.95. The first-order valence-corrected chi connectivity index (χ1v) is 3.58. The number of hydrogen-bond acceptors (Lipinski definition) is 3. The van der Waals surface area contributed by atoms with Crippen LogP contribution in [0, 0.1) is 0 Å². The molecule has 0 radical (unpaired) electrons. The predicted molar refractivity (Wildman–Crippen MR) is 35.7 cm³/mol. The largest absolute Gasteiger partial charge is 0.175 e. The Balaban J connectivity index is 2.40. The van der Waals surface area contributed by atoms with E-state index < -0.39 is 0 Å². The number of hydrogen-bond donors (Lipinski definition) is 0. The van der Waals surface area contributed by atoms with Crippen LogP contribution in [0.5, 0.6) is 0 Å². The van der Waals surface area contributed by atoms with Crippen LogP contribution in [-0.2, 0) is 0 Å². The lowest BCUT2D eigenvalue weighted by Gasteiger charge is -2.04. The van der Waals surface area contributed by atoms with E-state index in [9.17, 15) is 0 Å². The molecule has 1 atom stereocenters. The highest BCUT2D eigenvalue weighted by atomic mass is 32.2. The Morgan fingerprint density at radius 2 is 2.62 bits per heavy atom. The Hall–Kier alpha value is -0.310. The van der Waals surface area contributed by atoms with Crippen molar-refractivity contribution in [2.24, 2.45) is 10.2 Å². The molecule has 1 rings (SSSR count). The van der Waals surface area contributed by atoms with Gasteiger partial charge in [-0.2, -0.15) is 10.2 Å². The van der Waals surface area contributed by atoms with E-state index in [1.807, 2.05) is 5.41 Å². The minimum Gasteiger partial charge on any atom is -0.175 e. The molecule has 0 aliphatic carbocycles. The minimum atomic E-state index is 0.375. The molecule has 0 aromatic heterocycles. The van der Waals surface area contributed by atoms with E-state index in [0.29, 0.717) is 5.37 Å². The molecule has 0 aromatic rings.